The smallest absolute Gasteiger partial charge is 0.266 e. The zero-order valence-corrected chi connectivity index (χ0v) is 45.1. The van der Waals surface area contributed by atoms with E-state index in [0.717, 1.165) is 70.6 Å². The van der Waals surface area contributed by atoms with Crippen LogP contribution >= 0.6 is 0 Å². The van der Waals surface area contributed by atoms with E-state index in [2.05, 4.69) is 37.5 Å². The van der Waals surface area contributed by atoms with Crippen molar-refractivity contribution in [1.29, 1.82) is 0 Å². The molecule has 0 radical (unpaired) electrons. The van der Waals surface area contributed by atoms with Gasteiger partial charge in [0.15, 0.2) is 0 Å². The highest BCUT2D eigenvalue weighted by atomic mass is 16.2. The highest BCUT2D eigenvalue weighted by Gasteiger charge is 2.43. The Morgan fingerprint density at radius 2 is 0.683 bits per heavy atom. The van der Waals surface area contributed by atoms with Crippen LogP contribution in [-0.4, -0.2) is 70.1 Å². The summed E-state index contributed by atoms with van der Waals surface area (Å²) >= 11 is 0. The second-order valence-electron chi connectivity index (χ2n) is 20.8. The van der Waals surface area contributed by atoms with Crippen molar-refractivity contribution >= 4 is 69.4 Å². The molecule has 12 heteroatoms. The Morgan fingerprint density at radius 3 is 1.06 bits per heavy atom. The van der Waals surface area contributed by atoms with Crippen molar-refractivity contribution in [1.82, 2.24) is 9.80 Å². The molecule has 0 bridgehead atoms. The van der Waals surface area contributed by atoms with Gasteiger partial charge in [-0.15, -0.1) is 0 Å². The fourth-order valence-corrected chi connectivity index (χ4v) is 11.4. The number of benzene rings is 8. The number of anilines is 2. The highest BCUT2D eigenvalue weighted by Crippen LogP contribution is 2.42. The molecule has 400 valence electrons. The molecule has 0 fully saturated rings. The standard InChI is InChI=1S/C70H52N4O8/c1-3-5-7-15-37-71-63(75)57-41-50(26-22-44-24-36-54-56(40-44)68(80)74(66(54)78)52-33-29-48(30-34-52)46-19-13-10-14-20-46)60-62-58(64(76)72(70(60)82)38-16-8-6-4-2)42-49(59(61(57)62)69(71)81)25-21-43-23-35-53-55(39-43)67(79)73(65(53)77)51-31-27-47(28-32-51)45-17-11-9-12-18-45/h9-14,17-20,23-24,27-36,39-42H,3-8,15-16,37-38H2,1-2H3. The summed E-state index contributed by atoms with van der Waals surface area (Å²) in [6.45, 7) is 4.32. The first-order valence-electron chi connectivity index (χ1n) is 27.8. The summed E-state index contributed by atoms with van der Waals surface area (Å²) in [5.41, 5.74) is 6.58. The third-order valence-electron chi connectivity index (χ3n) is 15.7. The summed E-state index contributed by atoms with van der Waals surface area (Å²) in [6, 6.07) is 46.3. The van der Waals surface area contributed by atoms with Crippen LogP contribution in [0.5, 0.6) is 0 Å². The molecule has 0 saturated heterocycles. The zero-order valence-electron chi connectivity index (χ0n) is 45.1. The van der Waals surface area contributed by atoms with Crippen molar-refractivity contribution in [3.05, 3.63) is 224 Å². The van der Waals surface area contributed by atoms with Gasteiger partial charge in [0.25, 0.3) is 47.3 Å². The van der Waals surface area contributed by atoms with Gasteiger partial charge in [-0.25, -0.2) is 9.80 Å². The van der Waals surface area contributed by atoms with Crippen molar-refractivity contribution < 1.29 is 38.4 Å². The Kier molecular flexibility index (Phi) is 13.9. The van der Waals surface area contributed by atoms with E-state index in [9.17, 15) is 38.4 Å². The van der Waals surface area contributed by atoms with Crippen LogP contribution < -0.4 is 9.80 Å². The number of carbonyl (C=O) groups excluding carboxylic acids is 8. The first-order valence-corrected chi connectivity index (χ1v) is 27.8. The summed E-state index contributed by atoms with van der Waals surface area (Å²) in [7, 11) is 0. The molecule has 0 aliphatic carbocycles. The molecule has 0 N–H and O–H groups in total. The fourth-order valence-electron chi connectivity index (χ4n) is 11.4. The maximum absolute atomic E-state index is 15.0. The van der Waals surface area contributed by atoms with Crippen LogP contribution in [-0.2, 0) is 0 Å². The number of unbranched alkanes of at least 4 members (excludes halogenated alkanes) is 6. The average Bonchev–Trinajstić information content (AvgIpc) is 3.14. The zero-order chi connectivity index (χ0) is 56.8. The van der Waals surface area contributed by atoms with Gasteiger partial charge in [-0.1, -0.05) is 161 Å². The van der Waals surface area contributed by atoms with Crippen LogP contribution in [0.1, 0.15) is 170 Å². The number of amides is 8. The molecule has 0 atom stereocenters. The lowest BCUT2D eigenvalue weighted by molar-refractivity contribution is 0.0585. The molecule has 0 aromatic heterocycles. The maximum Gasteiger partial charge on any atom is 0.266 e. The lowest BCUT2D eigenvalue weighted by Crippen LogP contribution is -2.44. The van der Waals surface area contributed by atoms with E-state index in [1.54, 1.807) is 48.5 Å². The summed E-state index contributed by atoms with van der Waals surface area (Å²) in [6.07, 6.45) is 6.21. The fraction of sp³-hybridized carbons (Fsp3) is 0.171. The minimum Gasteiger partial charge on any atom is -0.274 e. The van der Waals surface area contributed by atoms with Gasteiger partial charge in [0.1, 0.15) is 0 Å². The molecular formula is C70H52N4O8. The van der Waals surface area contributed by atoms with Gasteiger partial charge in [0.2, 0.25) is 0 Å². The SMILES string of the molecule is CCCCCCN1C(=O)c2cc(C#Cc3ccc4c(c3)C(=O)N(c3ccc(-c5ccccc5)cc3)C4=O)c3c4c(cc(C#Cc5ccc6c(c5)C(=O)N(c5ccc(-c7ccccc7)cc5)C6=O)c(c24)C1=O)C(=O)N(CCCCCC)C3=O. The van der Waals surface area contributed by atoms with Crippen molar-refractivity contribution in [2.24, 2.45) is 0 Å². The molecule has 8 amide bonds. The van der Waals surface area contributed by atoms with E-state index in [0.29, 0.717) is 35.3 Å². The number of hydrogen-bond donors (Lipinski definition) is 0. The number of imide groups is 4. The van der Waals surface area contributed by atoms with Crippen molar-refractivity contribution in [2.45, 2.75) is 65.2 Å². The first kappa shape index (κ1) is 52.4. The minimum absolute atomic E-state index is 0.0488. The quantitative estimate of drug-likeness (QED) is 0.0593. The van der Waals surface area contributed by atoms with Crippen LogP contribution in [0.25, 0.3) is 33.0 Å². The van der Waals surface area contributed by atoms with Crippen molar-refractivity contribution in [3.8, 4) is 45.9 Å². The van der Waals surface area contributed by atoms with E-state index in [1.807, 2.05) is 84.9 Å². The molecule has 0 saturated carbocycles. The third kappa shape index (κ3) is 9.14. The molecule has 8 aromatic rings. The molecule has 0 unspecified atom stereocenters. The van der Waals surface area contributed by atoms with Gasteiger partial charge >= 0.3 is 0 Å². The Hall–Kier alpha value is -10.3. The van der Waals surface area contributed by atoms with Crippen molar-refractivity contribution in [2.75, 3.05) is 22.9 Å². The Bertz CT molecular complexity index is 3930. The van der Waals surface area contributed by atoms with E-state index in [-0.39, 0.29) is 79.5 Å². The number of nitrogens with zero attached hydrogens (tertiary/aromatic N) is 4. The monoisotopic (exact) mass is 1080 g/mol. The predicted octanol–water partition coefficient (Wildman–Crippen LogP) is 12.9. The van der Waals surface area contributed by atoms with E-state index in [1.165, 1.54) is 34.1 Å². The second-order valence-corrected chi connectivity index (χ2v) is 20.8. The van der Waals surface area contributed by atoms with Gasteiger partial charge < -0.3 is 0 Å². The van der Waals surface area contributed by atoms with Gasteiger partial charge in [0.05, 0.1) is 44.8 Å². The molecule has 4 aliphatic heterocycles. The summed E-state index contributed by atoms with van der Waals surface area (Å²) in [4.78, 5) is 120. The molecule has 4 heterocycles. The van der Waals surface area contributed by atoms with Gasteiger partial charge in [-0.3, -0.25) is 48.2 Å². The van der Waals surface area contributed by atoms with Crippen LogP contribution in [0, 0.1) is 23.7 Å². The summed E-state index contributed by atoms with van der Waals surface area (Å²) in [5.74, 6) is 8.01. The normalized spacial score (nSPS) is 14.1. The molecule has 8 aromatic carbocycles. The Balaban J connectivity index is 0.939. The topological polar surface area (TPSA) is 150 Å². The molecule has 0 spiro atoms. The summed E-state index contributed by atoms with van der Waals surface area (Å²) in [5, 5.41) is 0.244. The van der Waals surface area contributed by atoms with Crippen LogP contribution in [0.15, 0.2) is 158 Å². The maximum atomic E-state index is 15.0. The van der Waals surface area contributed by atoms with Crippen LogP contribution in [0.3, 0.4) is 0 Å². The van der Waals surface area contributed by atoms with Crippen LogP contribution in [0.2, 0.25) is 0 Å². The number of rotatable bonds is 14. The van der Waals surface area contributed by atoms with Gasteiger partial charge in [-0.05, 0) is 108 Å². The largest absolute Gasteiger partial charge is 0.274 e. The van der Waals surface area contributed by atoms with E-state index < -0.39 is 47.3 Å². The van der Waals surface area contributed by atoms with Gasteiger partial charge in [-0.2, -0.15) is 0 Å². The van der Waals surface area contributed by atoms with Crippen LogP contribution in [0.4, 0.5) is 11.4 Å². The first-order chi connectivity index (χ1) is 39.9. The summed E-state index contributed by atoms with van der Waals surface area (Å²) < 4.78 is 0. The Morgan fingerprint density at radius 1 is 0.317 bits per heavy atom. The molecular weight excluding hydrogens is 1020 g/mol. The minimum atomic E-state index is -0.626. The van der Waals surface area contributed by atoms with Gasteiger partial charge in [0, 0.05) is 57.2 Å². The lowest BCUT2D eigenvalue weighted by Gasteiger charge is -2.33. The van der Waals surface area contributed by atoms with E-state index in [4.69, 9.17) is 0 Å². The molecule has 12 rings (SSSR count). The number of hydrogen-bond acceptors (Lipinski definition) is 8. The molecule has 82 heavy (non-hydrogen) atoms. The molecule has 12 nitrogen and oxygen atoms in total. The average molecular weight is 1080 g/mol. The number of carbonyl (C=O) groups is 8. The van der Waals surface area contributed by atoms with Crippen molar-refractivity contribution in [3.63, 3.8) is 0 Å². The second kappa shape index (κ2) is 21.7. The highest BCUT2D eigenvalue weighted by molar-refractivity contribution is 6.37. The Labute approximate surface area is 474 Å². The predicted molar refractivity (Wildman–Crippen MR) is 314 cm³/mol. The number of fused-ring (bicyclic) bond motifs is 2. The van der Waals surface area contributed by atoms with E-state index >= 15 is 0 Å². The third-order valence-corrected chi connectivity index (χ3v) is 15.7. The lowest BCUT2D eigenvalue weighted by atomic mass is 9.81. The molecule has 4 aliphatic rings.